The van der Waals surface area contributed by atoms with Crippen LogP contribution in [-0.2, 0) is 0 Å². The summed E-state index contributed by atoms with van der Waals surface area (Å²) in [5.74, 6) is 0. The fraction of sp³-hybridized carbons (Fsp3) is 0.538. The van der Waals surface area contributed by atoms with Crippen molar-refractivity contribution in [2.45, 2.75) is 25.0 Å². The molecule has 1 fully saturated rings. The molecule has 1 aliphatic rings. The van der Waals surface area contributed by atoms with Gasteiger partial charge in [-0.05, 0) is 31.5 Å². The summed E-state index contributed by atoms with van der Waals surface area (Å²) in [5, 5.41) is 19.9. The Morgan fingerprint density at radius 3 is 2.31 bits per heavy atom. The Balaban J connectivity index is 1.91. The number of rotatable bonds is 4. The Morgan fingerprint density at radius 1 is 1.06 bits per heavy atom. The van der Waals surface area contributed by atoms with Crippen LogP contribution in [0.4, 0.5) is 0 Å². The Morgan fingerprint density at radius 2 is 1.69 bits per heavy atom. The maximum atomic E-state index is 9.97. The van der Waals surface area contributed by atoms with Gasteiger partial charge in [-0.1, -0.05) is 30.3 Å². The maximum absolute atomic E-state index is 9.97. The summed E-state index contributed by atoms with van der Waals surface area (Å²) >= 11 is 0. The smallest absolute Gasteiger partial charge is 0.106 e. The van der Waals surface area contributed by atoms with Crippen molar-refractivity contribution in [3.8, 4) is 0 Å². The predicted octanol–water partition coefficient (Wildman–Crippen LogP) is 1.18. The van der Waals surface area contributed by atoms with Crippen molar-refractivity contribution in [1.29, 1.82) is 0 Å². The number of likely N-dealkylation sites (tertiary alicyclic amines) is 1. The summed E-state index contributed by atoms with van der Waals surface area (Å²) in [5.41, 5.74) is 0.786. The second-order valence-corrected chi connectivity index (χ2v) is 4.43. The molecule has 16 heavy (non-hydrogen) atoms. The lowest BCUT2D eigenvalue weighted by molar-refractivity contribution is 0.000245. The fourth-order valence-electron chi connectivity index (χ4n) is 2.20. The van der Waals surface area contributed by atoms with Gasteiger partial charge in [0.05, 0.1) is 6.10 Å². The van der Waals surface area contributed by atoms with Crippen LogP contribution in [0.25, 0.3) is 0 Å². The molecule has 3 nitrogen and oxygen atoms in total. The molecular formula is C13H19NO2. The van der Waals surface area contributed by atoms with Gasteiger partial charge in [0.2, 0.25) is 0 Å². The molecule has 0 spiro atoms. The zero-order valence-corrected chi connectivity index (χ0v) is 9.42. The number of aliphatic hydroxyl groups is 2. The summed E-state index contributed by atoms with van der Waals surface area (Å²) in [4.78, 5) is 2.21. The van der Waals surface area contributed by atoms with Gasteiger partial charge in [0.15, 0.2) is 0 Å². The van der Waals surface area contributed by atoms with Gasteiger partial charge in [0.1, 0.15) is 6.10 Å². The van der Waals surface area contributed by atoms with Crippen LogP contribution in [0.3, 0.4) is 0 Å². The average molecular weight is 221 g/mol. The van der Waals surface area contributed by atoms with Gasteiger partial charge >= 0.3 is 0 Å². The van der Waals surface area contributed by atoms with Crippen LogP contribution in [0.15, 0.2) is 30.3 Å². The van der Waals surface area contributed by atoms with Gasteiger partial charge in [-0.2, -0.15) is 0 Å². The number of hydrogen-bond donors (Lipinski definition) is 2. The Labute approximate surface area is 96.3 Å². The van der Waals surface area contributed by atoms with Crippen LogP contribution in [0, 0.1) is 0 Å². The third-order valence-corrected chi connectivity index (χ3v) is 3.15. The second-order valence-electron chi connectivity index (χ2n) is 4.43. The average Bonchev–Trinajstić information content (AvgIpc) is 2.82. The molecule has 88 valence electrons. The summed E-state index contributed by atoms with van der Waals surface area (Å²) in [7, 11) is 0. The van der Waals surface area contributed by atoms with E-state index >= 15 is 0 Å². The van der Waals surface area contributed by atoms with Crippen molar-refractivity contribution >= 4 is 0 Å². The quantitative estimate of drug-likeness (QED) is 0.802. The third kappa shape index (κ3) is 2.82. The number of aliphatic hydroxyl groups excluding tert-OH is 2. The third-order valence-electron chi connectivity index (χ3n) is 3.15. The predicted molar refractivity (Wildman–Crippen MR) is 63.1 cm³/mol. The van der Waals surface area contributed by atoms with E-state index in [2.05, 4.69) is 4.90 Å². The second kappa shape index (κ2) is 5.43. The molecule has 0 bridgehead atoms. The van der Waals surface area contributed by atoms with E-state index in [1.807, 2.05) is 30.3 Å². The van der Waals surface area contributed by atoms with E-state index < -0.39 is 12.2 Å². The van der Waals surface area contributed by atoms with Crippen molar-refractivity contribution in [2.24, 2.45) is 0 Å². The highest BCUT2D eigenvalue weighted by Crippen LogP contribution is 2.18. The van der Waals surface area contributed by atoms with Crippen molar-refractivity contribution in [2.75, 3.05) is 19.6 Å². The van der Waals surface area contributed by atoms with E-state index in [1.54, 1.807) is 0 Å². The zero-order valence-electron chi connectivity index (χ0n) is 9.42. The molecule has 0 aliphatic carbocycles. The molecule has 2 rings (SSSR count). The van der Waals surface area contributed by atoms with Crippen LogP contribution in [0.5, 0.6) is 0 Å². The number of hydrogen-bond acceptors (Lipinski definition) is 3. The van der Waals surface area contributed by atoms with Gasteiger partial charge in [-0.25, -0.2) is 0 Å². The first-order chi connectivity index (χ1) is 7.77. The van der Waals surface area contributed by atoms with Crippen LogP contribution in [0.1, 0.15) is 24.5 Å². The Kier molecular flexibility index (Phi) is 3.93. The first kappa shape index (κ1) is 11.6. The zero-order chi connectivity index (χ0) is 11.4. The number of benzene rings is 1. The maximum Gasteiger partial charge on any atom is 0.106 e. The minimum atomic E-state index is -0.776. The van der Waals surface area contributed by atoms with Crippen LogP contribution < -0.4 is 0 Å². The summed E-state index contributed by atoms with van der Waals surface area (Å²) in [6, 6.07) is 9.35. The molecule has 3 heteroatoms. The summed E-state index contributed by atoms with van der Waals surface area (Å²) in [6.45, 7) is 2.65. The van der Waals surface area contributed by atoms with E-state index in [-0.39, 0.29) is 0 Å². The SMILES string of the molecule is OC(CN1CCCC1)C(O)c1ccccc1. The molecule has 0 radical (unpaired) electrons. The lowest BCUT2D eigenvalue weighted by atomic mass is 10.0. The molecule has 1 heterocycles. The van der Waals surface area contributed by atoms with Crippen LogP contribution in [0.2, 0.25) is 0 Å². The molecule has 1 aliphatic heterocycles. The van der Waals surface area contributed by atoms with Crippen LogP contribution in [-0.4, -0.2) is 40.9 Å². The molecular weight excluding hydrogens is 202 g/mol. The first-order valence-electron chi connectivity index (χ1n) is 5.91. The van der Waals surface area contributed by atoms with Crippen molar-refractivity contribution in [1.82, 2.24) is 4.90 Å². The minimum Gasteiger partial charge on any atom is -0.389 e. The molecule has 1 saturated heterocycles. The highest BCUT2D eigenvalue weighted by Gasteiger charge is 2.22. The van der Waals surface area contributed by atoms with E-state index in [0.29, 0.717) is 6.54 Å². The topological polar surface area (TPSA) is 43.7 Å². The highest BCUT2D eigenvalue weighted by molar-refractivity contribution is 5.18. The largest absolute Gasteiger partial charge is 0.389 e. The number of β-amino-alcohol motifs (C(OH)–C–C–N with tert-alkyl or cyclic N) is 1. The molecule has 0 saturated carbocycles. The first-order valence-corrected chi connectivity index (χ1v) is 5.91. The molecule has 1 aromatic carbocycles. The van der Waals surface area contributed by atoms with Gasteiger partial charge in [0.25, 0.3) is 0 Å². The van der Waals surface area contributed by atoms with Gasteiger partial charge in [0, 0.05) is 6.54 Å². The lowest BCUT2D eigenvalue weighted by Crippen LogP contribution is -2.33. The normalized spacial score (nSPS) is 20.9. The van der Waals surface area contributed by atoms with E-state index in [0.717, 1.165) is 18.7 Å². The number of nitrogens with zero attached hydrogens (tertiary/aromatic N) is 1. The standard InChI is InChI=1S/C13H19NO2/c15-12(10-14-8-4-5-9-14)13(16)11-6-2-1-3-7-11/h1-3,6-7,12-13,15-16H,4-5,8-10H2. The molecule has 0 amide bonds. The van der Waals surface area contributed by atoms with Gasteiger partial charge in [-0.15, -0.1) is 0 Å². The molecule has 0 aromatic heterocycles. The van der Waals surface area contributed by atoms with Gasteiger partial charge in [-0.3, -0.25) is 0 Å². The molecule has 2 atom stereocenters. The van der Waals surface area contributed by atoms with E-state index in [4.69, 9.17) is 0 Å². The summed E-state index contributed by atoms with van der Waals surface area (Å²) in [6.07, 6.45) is 0.935. The minimum absolute atomic E-state index is 0.566. The Hall–Kier alpha value is -0.900. The van der Waals surface area contributed by atoms with Crippen molar-refractivity contribution < 1.29 is 10.2 Å². The fourth-order valence-corrected chi connectivity index (χ4v) is 2.20. The monoisotopic (exact) mass is 221 g/mol. The van der Waals surface area contributed by atoms with E-state index in [1.165, 1.54) is 12.8 Å². The Bertz CT molecular complexity index is 309. The van der Waals surface area contributed by atoms with Crippen LogP contribution >= 0.6 is 0 Å². The molecule has 1 aromatic rings. The molecule has 2 N–H and O–H groups in total. The van der Waals surface area contributed by atoms with E-state index in [9.17, 15) is 10.2 Å². The lowest BCUT2D eigenvalue weighted by Gasteiger charge is -2.23. The van der Waals surface area contributed by atoms with Crippen molar-refractivity contribution in [3.05, 3.63) is 35.9 Å². The van der Waals surface area contributed by atoms with Crippen molar-refractivity contribution in [3.63, 3.8) is 0 Å². The highest BCUT2D eigenvalue weighted by atomic mass is 16.3. The molecule has 2 unspecified atom stereocenters. The summed E-state index contributed by atoms with van der Waals surface area (Å²) < 4.78 is 0. The van der Waals surface area contributed by atoms with Gasteiger partial charge < -0.3 is 15.1 Å².